The van der Waals surface area contributed by atoms with Crippen LogP contribution in [0.4, 0.5) is 18.0 Å². The predicted octanol–water partition coefficient (Wildman–Crippen LogP) is 2.43. The molecule has 0 radical (unpaired) electrons. The molecule has 3 atom stereocenters. The Labute approximate surface area is 138 Å². The van der Waals surface area contributed by atoms with Gasteiger partial charge in [0.25, 0.3) is 0 Å². The molecule has 1 heterocycles. The van der Waals surface area contributed by atoms with Gasteiger partial charge in [0.15, 0.2) is 0 Å². The molecule has 2 rings (SSSR count). The first-order valence-electron chi connectivity index (χ1n) is 7.92. The Bertz CT molecular complexity index is 500. The van der Waals surface area contributed by atoms with Crippen LogP contribution in [0.25, 0.3) is 0 Å². The highest BCUT2D eigenvalue weighted by Gasteiger charge is 2.49. The number of carbonyl (C=O) groups excluding carboxylic acids is 2. The summed E-state index contributed by atoms with van der Waals surface area (Å²) in [6.45, 7) is 6.47. The second-order valence-electron chi connectivity index (χ2n) is 7.29. The van der Waals surface area contributed by atoms with Gasteiger partial charge in [0.05, 0.1) is 6.04 Å². The first-order chi connectivity index (χ1) is 10.9. The lowest BCUT2D eigenvalue weighted by atomic mass is 9.98. The van der Waals surface area contributed by atoms with Gasteiger partial charge < -0.3 is 15.0 Å². The Kier molecular flexibility index (Phi) is 5.03. The number of likely N-dealkylation sites (tertiary alicyclic amines) is 1. The maximum atomic E-state index is 12.5. The molecule has 1 aliphatic carbocycles. The molecular formula is C15H23F3N2O4. The van der Waals surface area contributed by atoms with E-state index in [9.17, 15) is 22.8 Å². The molecule has 138 valence electrons. The molecule has 0 aromatic heterocycles. The highest BCUT2D eigenvalue weighted by atomic mass is 19.4. The van der Waals surface area contributed by atoms with E-state index in [-0.39, 0.29) is 12.5 Å². The van der Waals surface area contributed by atoms with Gasteiger partial charge in [-0.05, 0) is 46.5 Å². The van der Waals surface area contributed by atoms with Crippen molar-refractivity contribution >= 4 is 12.0 Å². The SMILES string of the molecule is C[C@H]1[C@@H](OC(F)(F)F)CN1C(=O)[C@H](NC(=O)OC(C)(C)C)C1CC1. The fourth-order valence-electron chi connectivity index (χ4n) is 2.60. The Balaban J connectivity index is 1.92. The third kappa shape index (κ3) is 4.99. The van der Waals surface area contributed by atoms with E-state index in [0.717, 1.165) is 12.8 Å². The first-order valence-corrected chi connectivity index (χ1v) is 7.92. The average molecular weight is 352 g/mol. The van der Waals surface area contributed by atoms with E-state index in [4.69, 9.17) is 4.74 Å². The number of rotatable bonds is 4. The molecule has 24 heavy (non-hydrogen) atoms. The van der Waals surface area contributed by atoms with Crippen molar-refractivity contribution in [2.45, 2.75) is 70.7 Å². The van der Waals surface area contributed by atoms with Crippen LogP contribution in [0.3, 0.4) is 0 Å². The summed E-state index contributed by atoms with van der Waals surface area (Å²) >= 11 is 0. The van der Waals surface area contributed by atoms with Crippen molar-refractivity contribution in [1.29, 1.82) is 0 Å². The average Bonchev–Trinajstić information content (AvgIpc) is 3.20. The summed E-state index contributed by atoms with van der Waals surface area (Å²) in [4.78, 5) is 25.7. The number of amides is 2. The Hall–Kier alpha value is -1.51. The summed E-state index contributed by atoms with van der Waals surface area (Å²) < 4.78 is 45.9. The van der Waals surface area contributed by atoms with Crippen molar-refractivity contribution in [2.75, 3.05) is 6.54 Å². The number of hydrogen-bond acceptors (Lipinski definition) is 4. The molecule has 1 aliphatic heterocycles. The lowest BCUT2D eigenvalue weighted by Crippen LogP contribution is -2.66. The van der Waals surface area contributed by atoms with E-state index in [1.54, 1.807) is 20.8 Å². The summed E-state index contributed by atoms with van der Waals surface area (Å²) in [6, 6.07) is -1.46. The van der Waals surface area contributed by atoms with Gasteiger partial charge in [0.1, 0.15) is 17.7 Å². The molecule has 2 amide bonds. The van der Waals surface area contributed by atoms with E-state index in [0.29, 0.717) is 0 Å². The van der Waals surface area contributed by atoms with Crippen LogP contribution in [0, 0.1) is 5.92 Å². The van der Waals surface area contributed by atoms with Gasteiger partial charge in [-0.1, -0.05) is 0 Å². The van der Waals surface area contributed by atoms with Gasteiger partial charge in [-0.3, -0.25) is 9.53 Å². The zero-order chi connectivity index (χ0) is 18.3. The molecule has 1 saturated carbocycles. The number of hydrogen-bond donors (Lipinski definition) is 1. The molecule has 0 unspecified atom stereocenters. The molecule has 0 spiro atoms. The summed E-state index contributed by atoms with van der Waals surface area (Å²) in [7, 11) is 0. The summed E-state index contributed by atoms with van der Waals surface area (Å²) in [6.07, 6.45) is -4.92. The standard InChI is InChI=1S/C15H23F3N2O4/c1-8-10(23-15(16,17)18)7-20(8)12(21)11(9-5-6-9)19-13(22)24-14(2,3)4/h8-11H,5-7H2,1-4H3,(H,19,22)/t8-,10-,11+/m0/s1. The second kappa shape index (κ2) is 6.42. The molecule has 0 aromatic rings. The van der Waals surface area contributed by atoms with E-state index < -0.39 is 42.2 Å². The maximum absolute atomic E-state index is 12.5. The Morgan fingerprint density at radius 2 is 1.79 bits per heavy atom. The summed E-state index contributed by atoms with van der Waals surface area (Å²) in [5, 5.41) is 2.55. The van der Waals surface area contributed by atoms with Crippen molar-refractivity contribution in [2.24, 2.45) is 5.92 Å². The normalized spacial score (nSPS) is 25.7. The van der Waals surface area contributed by atoms with Gasteiger partial charge in [0, 0.05) is 6.54 Å². The van der Waals surface area contributed by atoms with Crippen LogP contribution in [0.15, 0.2) is 0 Å². The topological polar surface area (TPSA) is 67.9 Å². The van der Waals surface area contributed by atoms with E-state index in [1.807, 2.05) is 0 Å². The summed E-state index contributed by atoms with van der Waals surface area (Å²) in [5.74, 6) is -0.391. The minimum Gasteiger partial charge on any atom is -0.444 e. The molecule has 6 nitrogen and oxygen atoms in total. The lowest BCUT2D eigenvalue weighted by Gasteiger charge is -2.47. The van der Waals surface area contributed by atoms with Crippen LogP contribution in [-0.2, 0) is 14.3 Å². The van der Waals surface area contributed by atoms with Crippen LogP contribution >= 0.6 is 0 Å². The lowest BCUT2D eigenvalue weighted by molar-refractivity contribution is -0.359. The zero-order valence-corrected chi connectivity index (χ0v) is 14.1. The molecule has 0 bridgehead atoms. The van der Waals surface area contributed by atoms with Gasteiger partial charge in [0.2, 0.25) is 5.91 Å². The number of halogens is 3. The van der Waals surface area contributed by atoms with Crippen molar-refractivity contribution in [3.05, 3.63) is 0 Å². The Morgan fingerprint density at radius 3 is 2.21 bits per heavy atom. The molecule has 2 aliphatic rings. The predicted molar refractivity (Wildman–Crippen MR) is 78.0 cm³/mol. The Morgan fingerprint density at radius 1 is 1.21 bits per heavy atom. The summed E-state index contributed by atoms with van der Waals surface area (Å²) in [5.41, 5.74) is -0.697. The maximum Gasteiger partial charge on any atom is 0.522 e. The van der Waals surface area contributed by atoms with Gasteiger partial charge in [-0.25, -0.2) is 4.79 Å². The molecule has 9 heteroatoms. The fraction of sp³-hybridized carbons (Fsp3) is 0.867. The van der Waals surface area contributed by atoms with E-state index in [1.165, 1.54) is 11.8 Å². The van der Waals surface area contributed by atoms with Crippen LogP contribution in [0.2, 0.25) is 0 Å². The largest absolute Gasteiger partial charge is 0.522 e. The first kappa shape index (κ1) is 18.8. The quantitative estimate of drug-likeness (QED) is 0.844. The highest BCUT2D eigenvalue weighted by Crippen LogP contribution is 2.36. The zero-order valence-electron chi connectivity index (χ0n) is 14.1. The van der Waals surface area contributed by atoms with Gasteiger partial charge in [-0.2, -0.15) is 0 Å². The van der Waals surface area contributed by atoms with Gasteiger partial charge >= 0.3 is 12.5 Å². The van der Waals surface area contributed by atoms with Crippen molar-refractivity contribution in [3.8, 4) is 0 Å². The molecule has 1 N–H and O–H groups in total. The molecule has 1 saturated heterocycles. The third-order valence-corrected chi connectivity index (χ3v) is 4.01. The second-order valence-corrected chi connectivity index (χ2v) is 7.29. The highest BCUT2D eigenvalue weighted by molar-refractivity contribution is 5.87. The van der Waals surface area contributed by atoms with E-state index >= 15 is 0 Å². The third-order valence-electron chi connectivity index (χ3n) is 4.01. The molecule has 2 fully saturated rings. The fourth-order valence-corrected chi connectivity index (χ4v) is 2.60. The minimum atomic E-state index is -4.72. The number of alkyl halides is 3. The number of alkyl carbamates (subject to hydrolysis) is 1. The van der Waals surface area contributed by atoms with Crippen LogP contribution in [0.1, 0.15) is 40.5 Å². The van der Waals surface area contributed by atoms with Crippen LogP contribution < -0.4 is 5.32 Å². The van der Waals surface area contributed by atoms with Crippen LogP contribution in [-0.4, -0.2) is 53.6 Å². The molecule has 0 aromatic carbocycles. The smallest absolute Gasteiger partial charge is 0.444 e. The number of nitrogens with zero attached hydrogens (tertiary/aromatic N) is 1. The van der Waals surface area contributed by atoms with E-state index in [2.05, 4.69) is 10.1 Å². The number of ether oxygens (including phenoxy) is 2. The van der Waals surface area contributed by atoms with Crippen molar-refractivity contribution in [3.63, 3.8) is 0 Å². The number of nitrogens with one attached hydrogen (secondary N) is 1. The van der Waals surface area contributed by atoms with Crippen molar-refractivity contribution in [1.82, 2.24) is 10.2 Å². The minimum absolute atomic E-state index is 0.000183. The number of carbonyl (C=O) groups is 2. The monoisotopic (exact) mass is 352 g/mol. The van der Waals surface area contributed by atoms with Crippen LogP contribution in [0.5, 0.6) is 0 Å². The van der Waals surface area contributed by atoms with Gasteiger partial charge in [-0.15, -0.1) is 13.2 Å². The van der Waals surface area contributed by atoms with Crippen molar-refractivity contribution < 1.29 is 32.2 Å². The molecular weight excluding hydrogens is 329 g/mol.